The monoisotopic (exact) mass is 397 g/mol. The van der Waals surface area contributed by atoms with Gasteiger partial charge in [0, 0.05) is 44.1 Å². The molecule has 0 aliphatic carbocycles. The lowest BCUT2D eigenvalue weighted by Gasteiger charge is -2.20. The number of amides is 1. The predicted octanol–water partition coefficient (Wildman–Crippen LogP) is 0.514. The van der Waals surface area contributed by atoms with Crippen molar-refractivity contribution in [3.05, 3.63) is 45.5 Å². The minimum absolute atomic E-state index is 0.0630. The Morgan fingerprint density at radius 2 is 2.21 bits per heavy atom. The van der Waals surface area contributed by atoms with E-state index in [9.17, 15) is 14.4 Å². The maximum Gasteiger partial charge on any atom is 0.325 e. The van der Waals surface area contributed by atoms with Crippen molar-refractivity contribution >= 4 is 17.2 Å². The number of rotatable bonds is 5. The lowest BCUT2D eigenvalue weighted by atomic mass is 10.0. The van der Waals surface area contributed by atoms with Crippen molar-refractivity contribution in [1.29, 1.82) is 0 Å². The molecule has 4 heterocycles. The summed E-state index contributed by atoms with van der Waals surface area (Å²) in [5.74, 6) is 0.310. The van der Waals surface area contributed by atoms with Crippen LogP contribution < -0.4 is 21.5 Å². The van der Waals surface area contributed by atoms with Crippen LogP contribution >= 0.6 is 0 Å². The van der Waals surface area contributed by atoms with Gasteiger partial charge in [-0.1, -0.05) is 0 Å². The second-order valence-electron chi connectivity index (χ2n) is 7.62. The molecular formula is C19H23N7O3. The molecule has 0 spiro atoms. The van der Waals surface area contributed by atoms with Gasteiger partial charge in [0.1, 0.15) is 5.69 Å². The Balaban J connectivity index is 1.64. The molecular weight excluding hydrogens is 374 g/mol. The molecule has 1 atom stereocenters. The Labute approximate surface area is 166 Å². The Kier molecular flexibility index (Phi) is 4.91. The summed E-state index contributed by atoms with van der Waals surface area (Å²) in [6.45, 7) is 5.41. The Morgan fingerprint density at radius 3 is 2.97 bits per heavy atom. The average molecular weight is 397 g/mol. The number of hydrogen-bond acceptors (Lipinski definition) is 6. The van der Waals surface area contributed by atoms with Crippen LogP contribution in [-0.4, -0.2) is 49.6 Å². The highest BCUT2D eigenvalue weighted by molar-refractivity contribution is 5.77. The summed E-state index contributed by atoms with van der Waals surface area (Å²) in [6.07, 6.45) is 6.10. The highest BCUT2D eigenvalue weighted by atomic mass is 16.2. The van der Waals surface area contributed by atoms with Gasteiger partial charge >= 0.3 is 5.69 Å². The number of fused-ring (bicyclic) bond motifs is 1. The minimum Gasteiger partial charge on any atom is -0.368 e. The Hall–Kier alpha value is -3.43. The molecule has 1 aliphatic heterocycles. The van der Waals surface area contributed by atoms with E-state index in [-0.39, 0.29) is 23.4 Å². The number of hydrogen-bond donors (Lipinski definition) is 3. The van der Waals surface area contributed by atoms with Gasteiger partial charge in [0.05, 0.1) is 11.3 Å². The summed E-state index contributed by atoms with van der Waals surface area (Å²) in [4.78, 5) is 46.9. The topological polar surface area (TPSA) is 128 Å². The zero-order valence-electron chi connectivity index (χ0n) is 16.3. The fourth-order valence-electron chi connectivity index (χ4n) is 3.73. The first-order chi connectivity index (χ1) is 13.9. The van der Waals surface area contributed by atoms with Crippen LogP contribution in [0, 0.1) is 5.92 Å². The highest BCUT2D eigenvalue weighted by Gasteiger charge is 2.27. The van der Waals surface area contributed by atoms with Crippen LogP contribution in [0.2, 0.25) is 0 Å². The molecule has 1 aliphatic rings. The molecule has 1 amide bonds. The van der Waals surface area contributed by atoms with Crippen molar-refractivity contribution in [2.45, 2.75) is 32.7 Å². The van der Waals surface area contributed by atoms with E-state index in [1.54, 1.807) is 16.9 Å². The number of H-pyrrole nitrogens is 2. The third-order valence-electron chi connectivity index (χ3n) is 4.99. The Morgan fingerprint density at radius 1 is 1.38 bits per heavy atom. The molecule has 10 nitrogen and oxygen atoms in total. The first kappa shape index (κ1) is 18.9. The molecule has 3 N–H and O–H groups in total. The molecule has 1 fully saturated rings. The normalized spacial score (nSPS) is 16.7. The fraction of sp³-hybridized carbons (Fsp3) is 0.421. The van der Waals surface area contributed by atoms with Crippen molar-refractivity contribution in [2.24, 2.45) is 5.92 Å². The third-order valence-corrected chi connectivity index (χ3v) is 4.99. The maximum atomic E-state index is 12.2. The SMILES string of the molecule is CC(C)NC(=O)CC1CCN(c2cc(-c3c[nH]c(=O)[nH]c3=O)nn3ccnc23)C1. The van der Waals surface area contributed by atoms with E-state index in [0.717, 1.165) is 25.2 Å². The second kappa shape index (κ2) is 7.53. The number of carbonyl (C=O) groups is 1. The molecule has 3 aromatic rings. The van der Waals surface area contributed by atoms with Gasteiger partial charge in [0.25, 0.3) is 5.56 Å². The smallest absolute Gasteiger partial charge is 0.325 e. The molecule has 0 saturated carbocycles. The van der Waals surface area contributed by atoms with Crippen molar-refractivity contribution in [2.75, 3.05) is 18.0 Å². The molecule has 29 heavy (non-hydrogen) atoms. The van der Waals surface area contributed by atoms with Crippen molar-refractivity contribution in [1.82, 2.24) is 29.9 Å². The number of carbonyl (C=O) groups excluding carboxylic acids is 1. The van der Waals surface area contributed by atoms with E-state index in [0.29, 0.717) is 17.8 Å². The van der Waals surface area contributed by atoms with E-state index in [1.807, 2.05) is 19.9 Å². The highest BCUT2D eigenvalue weighted by Crippen LogP contribution is 2.30. The van der Waals surface area contributed by atoms with Crippen LogP contribution in [0.15, 0.2) is 34.2 Å². The van der Waals surface area contributed by atoms with Crippen molar-refractivity contribution in [3.8, 4) is 11.3 Å². The minimum atomic E-state index is -0.565. The van der Waals surface area contributed by atoms with Gasteiger partial charge in [0.15, 0.2) is 5.65 Å². The Bertz CT molecular complexity index is 1160. The zero-order valence-corrected chi connectivity index (χ0v) is 16.3. The van der Waals surface area contributed by atoms with E-state index in [2.05, 4.69) is 30.3 Å². The molecule has 1 saturated heterocycles. The summed E-state index contributed by atoms with van der Waals surface area (Å²) in [5.41, 5.74) is 1.16. The van der Waals surface area contributed by atoms with E-state index in [4.69, 9.17) is 0 Å². The first-order valence-corrected chi connectivity index (χ1v) is 9.62. The zero-order chi connectivity index (χ0) is 20.5. The van der Waals surface area contributed by atoms with Gasteiger partial charge < -0.3 is 15.2 Å². The van der Waals surface area contributed by atoms with E-state index in [1.165, 1.54) is 6.20 Å². The standard InChI is InChI=1S/C19H23N7O3/c1-11(2)22-16(27)7-12-3-5-25(10-12)15-8-14(24-26-6-4-20-17(15)26)13-9-21-19(29)23-18(13)28/h4,6,8-9,11-12H,3,5,7,10H2,1-2H3,(H,22,27)(H2,21,23,28,29). The molecule has 0 aromatic carbocycles. The van der Waals surface area contributed by atoms with Crippen LogP contribution in [0.25, 0.3) is 16.9 Å². The second-order valence-corrected chi connectivity index (χ2v) is 7.62. The largest absolute Gasteiger partial charge is 0.368 e. The van der Waals surface area contributed by atoms with Gasteiger partial charge in [-0.25, -0.2) is 14.3 Å². The van der Waals surface area contributed by atoms with Crippen LogP contribution in [-0.2, 0) is 4.79 Å². The van der Waals surface area contributed by atoms with Crippen LogP contribution in [0.3, 0.4) is 0 Å². The molecule has 0 radical (unpaired) electrons. The first-order valence-electron chi connectivity index (χ1n) is 9.62. The van der Waals surface area contributed by atoms with Crippen LogP contribution in [0.4, 0.5) is 5.69 Å². The fourth-order valence-corrected chi connectivity index (χ4v) is 3.73. The molecule has 3 aromatic heterocycles. The van der Waals surface area contributed by atoms with Crippen LogP contribution in [0.1, 0.15) is 26.7 Å². The number of aromatic nitrogens is 5. The lowest BCUT2D eigenvalue weighted by molar-refractivity contribution is -0.122. The molecule has 10 heteroatoms. The van der Waals surface area contributed by atoms with Gasteiger partial charge in [0.2, 0.25) is 5.91 Å². The summed E-state index contributed by atoms with van der Waals surface area (Å²) < 4.78 is 1.62. The quantitative estimate of drug-likeness (QED) is 0.576. The number of nitrogens with one attached hydrogen (secondary N) is 3. The number of aromatic amines is 2. The van der Waals surface area contributed by atoms with Crippen LogP contribution in [0.5, 0.6) is 0 Å². The number of nitrogens with zero attached hydrogens (tertiary/aromatic N) is 4. The molecule has 4 rings (SSSR count). The van der Waals surface area contributed by atoms with Crippen molar-refractivity contribution in [3.63, 3.8) is 0 Å². The van der Waals surface area contributed by atoms with Gasteiger partial charge in [-0.3, -0.25) is 14.6 Å². The number of anilines is 1. The third kappa shape index (κ3) is 3.91. The molecule has 152 valence electrons. The number of imidazole rings is 1. The average Bonchev–Trinajstić information content (AvgIpc) is 3.29. The van der Waals surface area contributed by atoms with Gasteiger partial charge in [-0.2, -0.15) is 5.10 Å². The van der Waals surface area contributed by atoms with E-state index >= 15 is 0 Å². The summed E-state index contributed by atoms with van der Waals surface area (Å²) in [5, 5.41) is 7.39. The lowest BCUT2D eigenvalue weighted by Crippen LogP contribution is -2.32. The molecule has 0 bridgehead atoms. The summed E-state index contributed by atoms with van der Waals surface area (Å²) in [6, 6.07) is 1.93. The summed E-state index contributed by atoms with van der Waals surface area (Å²) >= 11 is 0. The summed E-state index contributed by atoms with van der Waals surface area (Å²) in [7, 11) is 0. The van der Waals surface area contributed by atoms with E-state index < -0.39 is 11.2 Å². The van der Waals surface area contributed by atoms with Gasteiger partial charge in [-0.05, 0) is 32.3 Å². The molecule has 1 unspecified atom stereocenters. The predicted molar refractivity (Wildman–Crippen MR) is 108 cm³/mol. The van der Waals surface area contributed by atoms with Gasteiger partial charge in [-0.15, -0.1) is 0 Å². The van der Waals surface area contributed by atoms with Crippen molar-refractivity contribution < 1.29 is 4.79 Å². The maximum absolute atomic E-state index is 12.2.